The van der Waals surface area contributed by atoms with Gasteiger partial charge in [0.25, 0.3) is 0 Å². The number of rotatable bonds is 8. The molecule has 4 nitrogen and oxygen atoms in total. The maximum Gasteiger partial charge on any atom is 0.224 e. The number of carbonyl (C=O) groups excluding carboxylic acids is 1. The summed E-state index contributed by atoms with van der Waals surface area (Å²) in [6, 6.07) is 8.84. The van der Waals surface area contributed by atoms with Gasteiger partial charge in [-0.05, 0) is 37.0 Å². The molecule has 0 radical (unpaired) electrons. The van der Waals surface area contributed by atoms with Crippen molar-refractivity contribution in [2.24, 2.45) is 5.92 Å². The SMILES string of the molecule is CC(C)CCS(=O)CCCC(=O)Nc1cccc(C#N)c1. The molecule has 1 amide bonds. The quantitative estimate of drug-likeness (QED) is 0.802. The van der Waals surface area contributed by atoms with Crippen molar-refractivity contribution >= 4 is 22.4 Å². The van der Waals surface area contributed by atoms with Crippen LogP contribution in [0, 0.1) is 17.2 Å². The minimum atomic E-state index is -0.832. The average Bonchev–Trinajstić information content (AvgIpc) is 2.45. The molecule has 114 valence electrons. The van der Waals surface area contributed by atoms with Crippen molar-refractivity contribution in [3.8, 4) is 6.07 Å². The second-order valence-electron chi connectivity index (χ2n) is 5.37. The zero-order valence-corrected chi connectivity index (χ0v) is 13.4. The highest BCUT2D eigenvalue weighted by molar-refractivity contribution is 7.84. The predicted octanol–water partition coefficient (Wildman–Crippen LogP) is 3.07. The first-order chi connectivity index (χ1) is 10.0. The number of anilines is 1. The van der Waals surface area contributed by atoms with E-state index in [2.05, 4.69) is 19.2 Å². The molecule has 0 saturated carbocycles. The van der Waals surface area contributed by atoms with Crippen molar-refractivity contribution in [1.29, 1.82) is 5.26 Å². The number of nitrogens with one attached hydrogen (secondary N) is 1. The lowest BCUT2D eigenvalue weighted by molar-refractivity contribution is -0.116. The van der Waals surface area contributed by atoms with E-state index in [4.69, 9.17) is 5.26 Å². The maximum atomic E-state index is 11.8. The van der Waals surface area contributed by atoms with E-state index in [1.165, 1.54) is 0 Å². The van der Waals surface area contributed by atoms with Crippen LogP contribution in [0.2, 0.25) is 0 Å². The third-order valence-electron chi connectivity index (χ3n) is 2.97. The van der Waals surface area contributed by atoms with Crippen LogP contribution in [-0.2, 0) is 15.6 Å². The number of carbonyl (C=O) groups is 1. The second kappa shape index (κ2) is 9.30. The average molecular weight is 306 g/mol. The van der Waals surface area contributed by atoms with Crippen LogP contribution in [0.1, 0.15) is 38.7 Å². The van der Waals surface area contributed by atoms with Gasteiger partial charge in [-0.3, -0.25) is 9.00 Å². The molecule has 0 heterocycles. The molecule has 1 aromatic carbocycles. The van der Waals surface area contributed by atoms with Crippen LogP contribution in [0.3, 0.4) is 0 Å². The topological polar surface area (TPSA) is 70.0 Å². The molecule has 5 heteroatoms. The number of benzene rings is 1. The maximum absolute atomic E-state index is 11.8. The van der Waals surface area contributed by atoms with Crippen molar-refractivity contribution < 1.29 is 9.00 Å². The zero-order valence-electron chi connectivity index (χ0n) is 12.6. The van der Waals surface area contributed by atoms with E-state index in [1.807, 2.05) is 6.07 Å². The molecular formula is C16H22N2O2S. The molecule has 0 aliphatic rings. The van der Waals surface area contributed by atoms with Gasteiger partial charge in [-0.2, -0.15) is 5.26 Å². The molecule has 0 fully saturated rings. The smallest absolute Gasteiger partial charge is 0.224 e. The Balaban J connectivity index is 2.28. The Morgan fingerprint density at radius 3 is 2.81 bits per heavy atom. The summed E-state index contributed by atoms with van der Waals surface area (Å²) in [7, 11) is -0.832. The molecule has 1 aromatic rings. The Kier molecular flexibility index (Phi) is 7.70. The molecule has 1 unspecified atom stereocenters. The Morgan fingerprint density at radius 2 is 2.14 bits per heavy atom. The molecule has 0 saturated heterocycles. The highest BCUT2D eigenvalue weighted by Crippen LogP contribution is 2.10. The molecule has 0 aromatic heterocycles. The van der Waals surface area contributed by atoms with E-state index in [0.717, 1.165) is 6.42 Å². The highest BCUT2D eigenvalue weighted by Gasteiger charge is 2.06. The third-order valence-corrected chi connectivity index (χ3v) is 4.41. The molecule has 21 heavy (non-hydrogen) atoms. The van der Waals surface area contributed by atoms with Crippen molar-refractivity contribution in [2.45, 2.75) is 33.1 Å². The van der Waals surface area contributed by atoms with Gasteiger partial charge in [0.15, 0.2) is 0 Å². The third kappa shape index (κ3) is 7.62. The number of nitrogens with zero attached hydrogens (tertiary/aromatic N) is 1. The van der Waals surface area contributed by atoms with E-state index < -0.39 is 10.8 Å². The van der Waals surface area contributed by atoms with Crippen LogP contribution in [0.25, 0.3) is 0 Å². The summed E-state index contributed by atoms with van der Waals surface area (Å²) in [6.45, 7) is 4.22. The fraction of sp³-hybridized carbons (Fsp3) is 0.500. The molecule has 1 rings (SSSR count). The van der Waals surface area contributed by atoms with Crippen molar-refractivity contribution in [2.75, 3.05) is 16.8 Å². The molecule has 0 aliphatic carbocycles. The lowest BCUT2D eigenvalue weighted by Crippen LogP contribution is -2.13. The summed E-state index contributed by atoms with van der Waals surface area (Å²) in [5.74, 6) is 1.73. The summed E-state index contributed by atoms with van der Waals surface area (Å²) < 4.78 is 11.7. The van der Waals surface area contributed by atoms with Gasteiger partial charge in [0.2, 0.25) is 5.91 Å². The van der Waals surface area contributed by atoms with Crippen LogP contribution < -0.4 is 5.32 Å². The monoisotopic (exact) mass is 306 g/mol. The first kappa shape index (κ1) is 17.4. The fourth-order valence-electron chi connectivity index (χ4n) is 1.75. The van der Waals surface area contributed by atoms with Gasteiger partial charge >= 0.3 is 0 Å². The van der Waals surface area contributed by atoms with Gasteiger partial charge in [0.1, 0.15) is 0 Å². The number of hydrogen-bond acceptors (Lipinski definition) is 3. The van der Waals surface area contributed by atoms with Crippen molar-refractivity contribution in [3.63, 3.8) is 0 Å². The summed E-state index contributed by atoms with van der Waals surface area (Å²) in [5, 5.41) is 11.5. The molecular weight excluding hydrogens is 284 g/mol. The summed E-state index contributed by atoms with van der Waals surface area (Å²) in [4.78, 5) is 11.8. The Bertz CT molecular complexity index is 535. The first-order valence-electron chi connectivity index (χ1n) is 7.16. The Morgan fingerprint density at radius 1 is 1.38 bits per heavy atom. The number of nitriles is 1. The zero-order chi connectivity index (χ0) is 15.7. The van der Waals surface area contributed by atoms with Gasteiger partial charge in [0.05, 0.1) is 11.6 Å². The predicted molar refractivity (Wildman–Crippen MR) is 86.4 cm³/mol. The molecule has 1 N–H and O–H groups in total. The first-order valence-corrected chi connectivity index (χ1v) is 8.65. The van der Waals surface area contributed by atoms with Crippen LogP contribution in [0.4, 0.5) is 5.69 Å². The van der Waals surface area contributed by atoms with Crippen molar-refractivity contribution in [3.05, 3.63) is 29.8 Å². The Hall–Kier alpha value is -1.67. The van der Waals surface area contributed by atoms with Gasteiger partial charge in [-0.25, -0.2) is 0 Å². The standard InChI is InChI=1S/C16H22N2O2S/c1-13(2)8-10-21(20)9-4-7-16(19)18-15-6-3-5-14(11-15)12-17/h3,5-6,11,13H,4,7-10H2,1-2H3,(H,18,19). The van der Waals surface area contributed by atoms with Crippen LogP contribution >= 0.6 is 0 Å². The normalized spacial score (nSPS) is 11.9. The van der Waals surface area contributed by atoms with E-state index in [-0.39, 0.29) is 5.91 Å². The minimum absolute atomic E-state index is 0.106. The van der Waals surface area contributed by atoms with E-state index >= 15 is 0 Å². The lowest BCUT2D eigenvalue weighted by atomic mass is 10.2. The highest BCUT2D eigenvalue weighted by atomic mass is 32.2. The van der Waals surface area contributed by atoms with Gasteiger partial charge < -0.3 is 5.32 Å². The van der Waals surface area contributed by atoms with Gasteiger partial charge in [0, 0.05) is 34.4 Å². The summed E-state index contributed by atoms with van der Waals surface area (Å²) >= 11 is 0. The molecule has 0 bridgehead atoms. The van der Waals surface area contributed by atoms with E-state index in [1.54, 1.807) is 24.3 Å². The van der Waals surface area contributed by atoms with E-state index in [9.17, 15) is 9.00 Å². The van der Waals surface area contributed by atoms with Crippen LogP contribution in [-0.4, -0.2) is 21.6 Å². The fourth-order valence-corrected chi connectivity index (χ4v) is 3.16. The summed E-state index contributed by atoms with van der Waals surface area (Å²) in [5.41, 5.74) is 1.14. The summed E-state index contributed by atoms with van der Waals surface area (Å²) in [6.07, 6.45) is 1.93. The largest absolute Gasteiger partial charge is 0.326 e. The van der Waals surface area contributed by atoms with Crippen LogP contribution in [0.15, 0.2) is 24.3 Å². The van der Waals surface area contributed by atoms with Gasteiger partial charge in [-0.1, -0.05) is 19.9 Å². The minimum Gasteiger partial charge on any atom is -0.326 e. The van der Waals surface area contributed by atoms with Crippen LogP contribution in [0.5, 0.6) is 0 Å². The molecule has 1 atom stereocenters. The van der Waals surface area contributed by atoms with Crippen molar-refractivity contribution in [1.82, 2.24) is 0 Å². The number of amides is 1. The number of hydrogen-bond donors (Lipinski definition) is 1. The Labute approximate surface area is 129 Å². The molecule has 0 spiro atoms. The van der Waals surface area contributed by atoms with Gasteiger partial charge in [-0.15, -0.1) is 0 Å². The molecule has 0 aliphatic heterocycles. The van der Waals surface area contributed by atoms with E-state index in [0.29, 0.717) is 41.5 Å². The lowest BCUT2D eigenvalue weighted by Gasteiger charge is -2.06. The second-order valence-corrected chi connectivity index (χ2v) is 7.07.